The number of aryl methyl sites for hydroxylation is 1. The summed E-state index contributed by atoms with van der Waals surface area (Å²) in [5.41, 5.74) is 2.62. The highest BCUT2D eigenvalue weighted by Gasteiger charge is 2.46. The summed E-state index contributed by atoms with van der Waals surface area (Å²) in [5, 5.41) is 6.19. The van der Waals surface area contributed by atoms with E-state index in [4.69, 9.17) is 0 Å². The summed E-state index contributed by atoms with van der Waals surface area (Å²) in [5.74, 6) is -0.392. The van der Waals surface area contributed by atoms with Gasteiger partial charge in [-0.2, -0.15) is 0 Å². The Labute approximate surface area is 163 Å². The molecule has 5 nitrogen and oxygen atoms in total. The fourth-order valence-corrected chi connectivity index (χ4v) is 4.09. The van der Waals surface area contributed by atoms with E-state index in [1.807, 2.05) is 43.3 Å². The number of hydrogen-bond donors (Lipinski definition) is 2. The van der Waals surface area contributed by atoms with Gasteiger partial charge in [-0.15, -0.1) is 0 Å². The third-order valence-corrected chi connectivity index (χ3v) is 5.57. The van der Waals surface area contributed by atoms with Gasteiger partial charge in [0.15, 0.2) is 0 Å². The van der Waals surface area contributed by atoms with Crippen LogP contribution in [0.2, 0.25) is 0 Å². The van der Waals surface area contributed by atoms with E-state index in [1.165, 1.54) is 6.07 Å². The van der Waals surface area contributed by atoms with E-state index in [2.05, 4.69) is 10.6 Å². The van der Waals surface area contributed by atoms with Crippen LogP contribution < -0.4 is 10.6 Å². The predicted molar refractivity (Wildman–Crippen MR) is 104 cm³/mol. The molecule has 28 heavy (non-hydrogen) atoms. The maximum Gasteiger partial charge on any atom is 0.246 e. The molecule has 0 aromatic heterocycles. The van der Waals surface area contributed by atoms with Crippen LogP contribution >= 0.6 is 0 Å². The fraction of sp³-hybridized carbons (Fsp3) is 0.364. The smallest absolute Gasteiger partial charge is 0.246 e. The molecular formula is C22H24FN3O2. The van der Waals surface area contributed by atoms with E-state index in [1.54, 1.807) is 11.0 Å². The maximum atomic E-state index is 14.0. The molecule has 2 aliphatic heterocycles. The van der Waals surface area contributed by atoms with Crippen molar-refractivity contribution in [3.8, 4) is 0 Å². The Hall–Kier alpha value is -2.73. The third-order valence-electron chi connectivity index (χ3n) is 5.57. The van der Waals surface area contributed by atoms with Crippen LogP contribution in [0, 0.1) is 12.7 Å². The lowest BCUT2D eigenvalue weighted by molar-refractivity contribution is -0.147. The lowest BCUT2D eigenvalue weighted by atomic mass is 10.0. The largest absolute Gasteiger partial charge is 0.342 e. The quantitative estimate of drug-likeness (QED) is 0.832. The molecule has 0 aliphatic carbocycles. The van der Waals surface area contributed by atoms with Gasteiger partial charge in [0.2, 0.25) is 11.8 Å². The van der Waals surface area contributed by atoms with E-state index in [-0.39, 0.29) is 23.7 Å². The number of carbonyl (C=O) groups is 2. The van der Waals surface area contributed by atoms with Crippen molar-refractivity contribution in [2.24, 2.45) is 0 Å². The van der Waals surface area contributed by atoms with Crippen LogP contribution in [-0.4, -0.2) is 41.4 Å². The zero-order valence-corrected chi connectivity index (χ0v) is 15.8. The summed E-state index contributed by atoms with van der Waals surface area (Å²) in [6.45, 7) is 2.77. The number of hydrogen-bond acceptors (Lipinski definition) is 3. The number of piperazine rings is 1. The first-order valence-electron chi connectivity index (χ1n) is 9.64. The molecule has 4 rings (SSSR count). The van der Waals surface area contributed by atoms with Crippen molar-refractivity contribution in [1.29, 1.82) is 0 Å². The molecule has 2 N–H and O–H groups in total. The van der Waals surface area contributed by atoms with Gasteiger partial charge in [0.05, 0.1) is 0 Å². The number of fused-ring (bicyclic) bond motifs is 1. The van der Waals surface area contributed by atoms with E-state index >= 15 is 0 Å². The van der Waals surface area contributed by atoms with Crippen LogP contribution in [0.4, 0.5) is 4.39 Å². The number of amides is 2. The second kappa shape index (κ2) is 7.72. The van der Waals surface area contributed by atoms with Crippen molar-refractivity contribution >= 4 is 11.8 Å². The third kappa shape index (κ3) is 3.78. The molecule has 0 bridgehead atoms. The molecule has 2 heterocycles. The fourth-order valence-electron chi connectivity index (χ4n) is 4.09. The van der Waals surface area contributed by atoms with Crippen LogP contribution in [0.15, 0.2) is 48.5 Å². The molecule has 2 aliphatic rings. The predicted octanol–water partition coefficient (Wildman–Crippen LogP) is 1.93. The van der Waals surface area contributed by atoms with Crippen molar-refractivity contribution in [1.82, 2.24) is 15.5 Å². The Morgan fingerprint density at radius 2 is 1.96 bits per heavy atom. The lowest BCUT2D eigenvalue weighted by Crippen LogP contribution is -2.61. The first-order chi connectivity index (χ1) is 13.5. The van der Waals surface area contributed by atoms with E-state index in [0.717, 1.165) is 11.1 Å². The van der Waals surface area contributed by atoms with Crippen molar-refractivity contribution in [2.75, 3.05) is 6.54 Å². The summed E-state index contributed by atoms with van der Waals surface area (Å²) in [6.07, 6.45) is 1.03. The van der Waals surface area contributed by atoms with Gasteiger partial charge in [0.1, 0.15) is 17.9 Å². The molecule has 2 aromatic carbocycles. The molecule has 2 amide bonds. The number of nitrogens with zero attached hydrogens (tertiary/aromatic N) is 1. The molecule has 146 valence electrons. The second-order valence-corrected chi connectivity index (χ2v) is 7.67. The molecular weight excluding hydrogens is 357 g/mol. The summed E-state index contributed by atoms with van der Waals surface area (Å²) >= 11 is 0. The van der Waals surface area contributed by atoms with Crippen LogP contribution in [0.1, 0.15) is 23.1 Å². The topological polar surface area (TPSA) is 61.4 Å². The standard InChI is InChI=1S/C22H24FN3O2/c1-14-7-8-18(23)16(9-14)12-24-17-11-20-21(27)25-19(22(28)26(20)13-17)10-15-5-3-2-4-6-15/h2-9,17,19-20,24H,10-13H2,1H3,(H,25,27)/t17-,19-,20-/m0/s1. The highest BCUT2D eigenvalue weighted by Crippen LogP contribution is 2.24. The summed E-state index contributed by atoms with van der Waals surface area (Å²) in [7, 11) is 0. The highest BCUT2D eigenvalue weighted by molar-refractivity contribution is 5.97. The highest BCUT2D eigenvalue weighted by atomic mass is 19.1. The van der Waals surface area contributed by atoms with Crippen LogP contribution in [0.3, 0.4) is 0 Å². The van der Waals surface area contributed by atoms with E-state index in [0.29, 0.717) is 31.5 Å². The molecule has 2 saturated heterocycles. The Kier molecular flexibility index (Phi) is 5.13. The van der Waals surface area contributed by atoms with E-state index < -0.39 is 12.1 Å². The monoisotopic (exact) mass is 381 g/mol. The lowest BCUT2D eigenvalue weighted by Gasteiger charge is -2.34. The van der Waals surface area contributed by atoms with Crippen LogP contribution in [-0.2, 0) is 22.6 Å². The molecule has 3 atom stereocenters. The van der Waals surface area contributed by atoms with Crippen LogP contribution in [0.5, 0.6) is 0 Å². The average Bonchev–Trinajstić information content (AvgIpc) is 3.13. The second-order valence-electron chi connectivity index (χ2n) is 7.67. The van der Waals surface area contributed by atoms with E-state index in [9.17, 15) is 14.0 Å². The Balaban J connectivity index is 1.40. The van der Waals surface area contributed by atoms with Crippen molar-refractivity contribution in [3.05, 3.63) is 71.0 Å². The van der Waals surface area contributed by atoms with Gasteiger partial charge in [0.25, 0.3) is 0 Å². The van der Waals surface area contributed by atoms with Gasteiger partial charge in [-0.3, -0.25) is 9.59 Å². The van der Waals surface area contributed by atoms with Gasteiger partial charge in [-0.25, -0.2) is 4.39 Å². The first kappa shape index (κ1) is 18.6. The number of halogens is 1. The number of benzene rings is 2. The number of carbonyl (C=O) groups excluding carboxylic acids is 2. The van der Waals surface area contributed by atoms with Gasteiger partial charge in [0, 0.05) is 31.1 Å². The molecule has 2 fully saturated rings. The molecule has 0 saturated carbocycles. The Bertz CT molecular complexity index is 887. The zero-order valence-electron chi connectivity index (χ0n) is 15.8. The summed E-state index contributed by atoms with van der Waals surface area (Å²) < 4.78 is 14.0. The van der Waals surface area contributed by atoms with Gasteiger partial charge in [-0.05, 0) is 25.0 Å². The molecule has 0 radical (unpaired) electrons. The van der Waals surface area contributed by atoms with Crippen molar-refractivity contribution in [2.45, 2.75) is 44.4 Å². The van der Waals surface area contributed by atoms with Crippen molar-refractivity contribution < 1.29 is 14.0 Å². The Morgan fingerprint density at radius 1 is 1.18 bits per heavy atom. The average molecular weight is 381 g/mol. The first-order valence-corrected chi connectivity index (χ1v) is 9.64. The van der Waals surface area contributed by atoms with Crippen molar-refractivity contribution in [3.63, 3.8) is 0 Å². The van der Waals surface area contributed by atoms with Gasteiger partial charge < -0.3 is 15.5 Å². The SMILES string of the molecule is Cc1ccc(F)c(CN[C@H]2C[C@H]3C(=O)N[C@@H](Cc4ccccc4)C(=O)N3C2)c1. The van der Waals surface area contributed by atoms with Gasteiger partial charge >= 0.3 is 0 Å². The minimum absolute atomic E-state index is 0.0323. The maximum absolute atomic E-state index is 14.0. The molecule has 2 aromatic rings. The Morgan fingerprint density at radius 3 is 2.75 bits per heavy atom. The summed E-state index contributed by atoms with van der Waals surface area (Å²) in [6, 6.07) is 13.7. The summed E-state index contributed by atoms with van der Waals surface area (Å²) in [4.78, 5) is 27.1. The minimum Gasteiger partial charge on any atom is -0.342 e. The number of nitrogens with one attached hydrogen (secondary N) is 2. The number of rotatable bonds is 5. The molecule has 6 heteroatoms. The normalized spacial score (nSPS) is 24.2. The van der Waals surface area contributed by atoms with Crippen LogP contribution in [0.25, 0.3) is 0 Å². The minimum atomic E-state index is -0.529. The molecule has 0 unspecified atom stereocenters. The molecule has 0 spiro atoms. The zero-order chi connectivity index (χ0) is 19.7. The van der Waals surface area contributed by atoms with Gasteiger partial charge in [-0.1, -0.05) is 48.0 Å².